The SMILES string of the molecule is [CH2]CCCc1ccccc1C[CH2]. The van der Waals surface area contributed by atoms with E-state index in [1.807, 2.05) is 0 Å². The predicted octanol–water partition coefficient (Wildman–Crippen LogP) is 3.22. The molecule has 64 valence electrons. The topological polar surface area (TPSA) is 0 Å². The molecule has 0 nitrogen and oxygen atoms in total. The largest absolute Gasteiger partial charge is 0.0620 e. The van der Waals surface area contributed by atoms with Crippen LogP contribution in [-0.4, -0.2) is 0 Å². The van der Waals surface area contributed by atoms with Crippen LogP contribution in [0.15, 0.2) is 24.3 Å². The zero-order chi connectivity index (χ0) is 8.81. The maximum Gasteiger partial charge on any atom is -0.0276 e. The maximum atomic E-state index is 3.91. The minimum atomic E-state index is 0.896. The van der Waals surface area contributed by atoms with E-state index in [1.54, 1.807) is 0 Å². The van der Waals surface area contributed by atoms with Gasteiger partial charge in [-0.15, -0.1) is 0 Å². The molecule has 0 heteroatoms. The van der Waals surface area contributed by atoms with Gasteiger partial charge in [0.2, 0.25) is 0 Å². The quantitative estimate of drug-likeness (QED) is 0.634. The van der Waals surface area contributed by atoms with Crippen LogP contribution in [0.3, 0.4) is 0 Å². The molecule has 0 amide bonds. The van der Waals surface area contributed by atoms with E-state index in [0.717, 1.165) is 19.3 Å². The van der Waals surface area contributed by atoms with E-state index < -0.39 is 0 Å². The van der Waals surface area contributed by atoms with Gasteiger partial charge in [0.1, 0.15) is 0 Å². The summed E-state index contributed by atoms with van der Waals surface area (Å²) in [5.41, 5.74) is 2.82. The molecule has 12 heavy (non-hydrogen) atoms. The lowest BCUT2D eigenvalue weighted by atomic mass is 10.0. The minimum absolute atomic E-state index is 0.896. The van der Waals surface area contributed by atoms with E-state index in [0.29, 0.717) is 0 Å². The molecule has 0 unspecified atom stereocenters. The molecule has 0 N–H and O–H groups in total. The van der Waals surface area contributed by atoms with E-state index in [1.165, 1.54) is 17.5 Å². The van der Waals surface area contributed by atoms with Crippen molar-refractivity contribution in [3.8, 4) is 0 Å². The molecule has 0 aliphatic carbocycles. The molecule has 0 aliphatic heterocycles. The molecule has 0 aliphatic rings. The highest BCUT2D eigenvalue weighted by atomic mass is 14.0. The normalized spacial score (nSPS) is 10.2. The summed E-state index contributed by atoms with van der Waals surface area (Å²) in [7, 11) is 0. The van der Waals surface area contributed by atoms with Crippen molar-refractivity contribution < 1.29 is 0 Å². The van der Waals surface area contributed by atoms with Crippen LogP contribution in [0.2, 0.25) is 0 Å². The Morgan fingerprint density at radius 1 is 1.00 bits per heavy atom. The second kappa shape index (κ2) is 4.97. The standard InChI is InChI=1S/C12H16/c1-3-5-8-12-10-7-6-9-11(12)4-2/h6-7,9-10H,1-5,8H2. The van der Waals surface area contributed by atoms with Gasteiger partial charge in [-0.05, 0) is 37.3 Å². The number of hydrogen-bond donors (Lipinski definition) is 0. The third kappa shape index (κ3) is 2.37. The van der Waals surface area contributed by atoms with E-state index in [-0.39, 0.29) is 0 Å². The molecular weight excluding hydrogens is 144 g/mol. The molecular formula is C12H16. The van der Waals surface area contributed by atoms with Gasteiger partial charge in [-0.3, -0.25) is 0 Å². The molecule has 1 aromatic carbocycles. The number of benzene rings is 1. The summed E-state index contributed by atoms with van der Waals surface area (Å²) in [6.45, 7) is 7.75. The summed E-state index contributed by atoms with van der Waals surface area (Å²) in [5, 5.41) is 0. The molecule has 2 radical (unpaired) electrons. The lowest BCUT2D eigenvalue weighted by molar-refractivity contribution is 0.832. The van der Waals surface area contributed by atoms with Gasteiger partial charge in [-0.25, -0.2) is 0 Å². The van der Waals surface area contributed by atoms with Crippen LogP contribution in [0.1, 0.15) is 24.0 Å². The smallest absolute Gasteiger partial charge is 0.0276 e. The molecule has 0 heterocycles. The average molecular weight is 160 g/mol. The first-order valence-electron chi connectivity index (χ1n) is 4.53. The van der Waals surface area contributed by atoms with Gasteiger partial charge in [-0.1, -0.05) is 37.6 Å². The van der Waals surface area contributed by atoms with Crippen molar-refractivity contribution in [2.24, 2.45) is 0 Å². The molecule has 0 saturated carbocycles. The van der Waals surface area contributed by atoms with Crippen molar-refractivity contribution in [2.75, 3.05) is 0 Å². The van der Waals surface area contributed by atoms with Crippen LogP contribution in [0.25, 0.3) is 0 Å². The highest BCUT2D eigenvalue weighted by molar-refractivity contribution is 5.27. The zero-order valence-electron chi connectivity index (χ0n) is 7.55. The fraction of sp³-hybridized carbons (Fsp3) is 0.333. The van der Waals surface area contributed by atoms with E-state index in [4.69, 9.17) is 0 Å². The van der Waals surface area contributed by atoms with Gasteiger partial charge >= 0.3 is 0 Å². The third-order valence-electron chi connectivity index (χ3n) is 2.08. The lowest BCUT2D eigenvalue weighted by Crippen LogP contribution is -1.91. The van der Waals surface area contributed by atoms with Crippen LogP contribution >= 0.6 is 0 Å². The van der Waals surface area contributed by atoms with Crippen molar-refractivity contribution in [3.63, 3.8) is 0 Å². The summed E-state index contributed by atoms with van der Waals surface area (Å²) >= 11 is 0. The highest BCUT2D eigenvalue weighted by Crippen LogP contribution is 2.11. The molecule has 0 bridgehead atoms. The van der Waals surface area contributed by atoms with Crippen LogP contribution < -0.4 is 0 Å². The van der Waals surface area contributed by atoms with Crippen molar-refractivity contribution in [1.29, 1.82) is 0 Å². The Labute approximate surface area is 75.6 Å². The van der Waals surface area contributed by atoms with Crippen molar-refractivity contribution in [1.82, 2.24) is 0 Å². The second-order valence-electron chi connectivity index (χ2n) is 2.98. The molecule has 1 aromatic rings. The van der Waals surface area contributed by atoms with Gasteiger partial charge in [0.05, 0.1) is 0 Å². The van der Waals surface area contributed by atoms with Gasteiger partial charge < -0.3 is 0 Å². The first-order chi connectivity index (χ1) is 5.88. The van der Waals surface area contributed by atoms with Crippen LogP contribution in [0.5, 0.6) is 0 Å². The maximum absolute atomic E-state index is 3.91. The summed E-state index contributed by atoms with van der Waals surface area (Å²) in [4.78, 5) is 0. The molecule has 0 spiro atoms. The Morgan fingerprint density at radius 3 is 2.25 bits per heavy atom. The number of aryl methyl sites for hydroxylation is 1. The Balaban J connectivity index is 2.68. The lowest BCUT2D eigenvalue weighted by Gasteiger charge is -2.05. The number of rotatable bonds is 4. The second-order valence-corrected chi connectivity index (χ2v) is 2.98. The fourth-order valence-electron chi connectivity index (χ4n) is 1.36. The number of unbranched alkanes of at least 4 members (excludes halogenated alkanes) is 1. The molecule has 0 fully saturated rings. The molecule has 0 aromatic heterocycles. The Hall–Kier alpha value is -0.780. The monoisotopic (exact) mass is 160 g/mol. The van der Waals surface area contributed by atoms with Gasteiger partial charge in [0.15, 0.2) is 0 Å². The summed E-state index contributed by atoms with van der Waals surface area (Å²) < 4.78 is 0. The average Bonchev–Trinajstić information content (AvgIpc) is 2.15. The van der Waals surface area contributed by atoms with E-state index >= 15 is 0 Å². The van der Waals surface area contributed by atoms with Gasteiger partial charge in [0.25, 0.3) is 0 Å². The highest BCUT2D eigenvalue weighted by Gasteiger charge is 1.97. The first kappa shape index (κ1) is 9.31. The minimum Gasteiger partial charge on any atom is -0.0620 e. The zero-order valence-corrected chi connectivity index (χ0v) is 7.55. The van der Waals surface area contributed by atoms with Crippen molar-refractivity contribution in [2.45, 2.75) is 25.7 Å². The molecule has 0 atom stereocenters. The molecule has 0 saturated heterocycles. The van der Waals surface area contributed by atoms with Gasteiger partial charge in [-0.2, -0.15) is 0 Å². The Kier molecular flexibility index (Phi) is 3.86. The van der Waals surface area contributed by atoms with Crippen LogP contribution in [0.4, 0.5) is 0 Å². The van der Waals surface area contributed by atoms with Crippen molar-refractivity contribution >= 4 is 0 Å². The van der Waals surface area contributed by atoms with E-state index in [2.05, 4.69) is 38.1 Å². The summed E-state index contributed by atoms with van der Waals surface area (Å²) in [6.07, 6.45) is 4.24. The fourth-order valence-corrected chi connectivity index (χ4v) is 1.36. The Morgan fingerprint density at radius 2 is 1.67 bits per heavy atom. The third-order valence-corrected chi connectivity index (χ3v) is 2.08. The summed E-state index contributed by atoms with van der Waals surface area (Å²) in [5.74, 6) is 0. The van der Waals surface area contributed by atoms with Gasteiger partial charge in [0, 0.05) is 0 Å². The predicted molar refractivity (Wildman–Crippen MR) is 53.8 cm³/mol. The Bertz CT molecular complexity index is 225. The molecule has 1 rings (SSSR count). The summed E-state index contributed by atoms with van der Waals surface area (Å²) in [6, 6.07) is 8.52. The first-order valence-corrected chi connectivity index (χ1v) is 4.53. The number of hydrogen-bond acceptors (Lipinski definition) is 0. The van der Waals surface area contributed by atoms with Crippen LogP contribution in [0, 0.1) is 13.8 Å². The van der Waals surface area contributed by atoms with Crippen LogP contribution in [-0.2, 0) is 12.8 Å². The van der Waals surface area contributed by atoms with E-state index in [9.17, 15) is 0 Å². The van der Waals surface area contributed by atoms with Crippen molar-refractivity contribution in [3.05, 3.63) is 49.2 Å².